The number of hydrogen-bond acceptors (Lipinski definition) is 5. The van der Waals surface area contributed by atoms with Crippen molar-refractivity contribution < 1.29 is 4.92 Å². The van der Waals surface area contributed by atoms with Crippen molar-refractivity contribution in [3.63, 3.8) is 0 Å². The highest BCUT2D eigenvalue weighted by atomic mass is 35.5. The molecular weight excluding hydrogens is 318 g/mol. The van der Waals surface area contributed by atoms with Crippen LogP contribution < -0.4 is 5.32 Å². The summed E-state index contributed by atoms with van der Waals surface area (Å²) in [4.78, 5) is 14.6. The number of hydrogen-bond donors (Lipinski definition) is 1. The molecule has 1 N–H and O–H groups in total. The molecule has 23 heavy (non-hydrogen) atoms. The fraction of sp³-hybridized carbons (Fsp3) is 0.0667. The predicted octanol–water partition coefficient (Wildman–Crippen LogP) is 3.88. The highest BCUT2D eigenvalue weighted by Gasteiger charge is 2.16. The third kappa shape index (κ3) is 3.00. The minimum atomic E-state index is -0.480. The molecule has 3 aromatic rings. The summed E-state index contributed by atoms with van der Waals surface area (Å²) in [5.74, 6) is 0.172. The Balaban J connectivity index is 1.96. The van der Waals surface area contributed by atoms with Crippen LogP contribution in [0.25, 0.3) is 5.69 Å². The van der Waals surface area contributed by atoms with Crippen molar-refractivity contribution in [2.75, 3.05) is 5.32 Å². The van der Waals surface area contributed by atoms with Crippen LogP contribution in [0.1, 0.15) is 5.69 Å². The van der Waals surface area contributed by atoms with Gasteiger partial charge in [-0.3, -0.25) is 10.1 Å². The number of benzene rings is 1. The molecule has 0 aliphatic carbocycles. The van der Waals surface area contributed by atoms with Gasteiger partial charge in [-0.1, -0.05) is 17.7 Å². The second-order valence-corrected chi connectivity index (χ2v) is 5.23. The van der Waals surface area contributed by atoms with E-state index in [4.69, 9.17) is 11.6 Å². The van der Waals surface area contributed by atoms with Gasteiger partial charge in [0.2, 0.25) is 5.82 Å². The van der Waals surface area contributed by atoms with Crippen LogP contribution in [0, 0.1) is 17.0 Å². The maximum atomic E-state index is 11.1. The Labute approximate surface area is 136 Å². The van der Waals surface area contributed by atoms with E-state index in [-0.39, 0.29) is 11.5 Å². The highest BCUT2D eigenvalue weighted by molar-refractivity contribution is 6.30. The maximum Gasteiger partial charge on any atom is 0.311 e. The number of nitro groups is 1. The van der Waals surface area contributed by atoms with Gasteiger partial charge >= 0.3 is 5.69 Å². The number of rotatable bonds is 4. The van der Waals surface area contributed by atoms with E-state index in [2.05, 4.69) is 15.4 Å². The molecule has 2 aromatic heterocycles. The molecule has 0 aliphatic rings. The lowest BCUT2D eigenvalue weighted by Crippen LogP contribution is -2.02. The van der Waals surface area contributed by atoms with Crippen LogP contribution >= 0.6 is 11.6 Å². The monoisotopic (exact) mass is 329 g/mol. The smallest absolute Gasteiger partial charge is 0.311 e. The van der Waals surface area contributed by atoms with Gasteiger partial charge in [-0.15, -0.1) is 0 Å². The Hall–Kier alpha value is -2.93. The van der Waals surface area contributed by atoms with Crippen molar-refractivity contribution in [3.8, 4) is 5.69 Å². The highest BCUT2D eigenvalue weighted by Crippen LogP contribution is 2.27. The molecular formula is C15H12ClN5O2. The lowest BCUT2D eigenvalue weighted by molar-refractivity contribution is -0.384. The van der Waals surface area contributed by atoms with Crippen LogP contribution in [0.4, 0.5) is 17.2 Å². The van der Waals surface area contributed by atoms with E-state index in [9.17, 15) is 10.1 Å². The summed E-state index contributed by atoms with van der Waals surface area (Å²) in [6.45, 7) is 1.85. The van der Waals surface area contributed by atoms with Crippen LogP contribution in [-0.4, -0.2) is 19.7 Å². The molecule has 0 spiro atoms. The molecule has 0 fully saturated rings. The van der Waals surface area contributed by atoms with Crippen molar-refractivity contribution in [3.05, 3.63) is 69.6 Å². The summed E-state index contributed by atoms with van der Waals surface area (Å²) in [5, 5.41) is 18.9. The van der Waals surface area contributed by atoms with Gasteiger partial charge in [0, 0.05) is 17.3 Å². The molecule has 0 amide bonds. The first-order valence-corrected chi connectivity index (χ1v) is 7.11. The first-order valence-electron chi connectivity index (χ1n) is 6.73. The van der Waals surface area contributed by atoms with Gasteiger partial charge in [-0.2, -0.15) is 5.10 Å². The van der Waals surface area contributed by atoms with Gasteiger partial charge in [0.05, 0.1) is 28.2 Å². The molecule has 2 heterocycles. The van der Waals surface area contributed by atoms with E-state index in [1.54, 1.807) is 23.0 Å². The molecule has 0 radical (unpaired) electrons. The minimum absolute atomic E-state index is 0.0950. The number of nitrogens with zero attached hydrogens (tertiary/aromatic N) is 4. The average molecular weight is 330 g/mol. The SMILES string of the molecule is Cc1c(Nc2ncccc2[N+](=O)[O-])cnn1-c1cccc(Cl)c1. The van der Waals surface area contributed by atoms with E-state index in [1.807, 2.05) is 19.1 Å². The Morgan fingerprint density at radius 2 is 2.13 bits per heavy atom. The molecule has 0 bridgehead atoms. The lowest BCUT2D eigenvalue weighted by Gasteiger charge is -2.07. The lowest BCUT2D eigenvalue weighted by atomic mass is 10.3. The zero-order chi connectivity index (χ0) is 16.4. The third-order valence-electron chi connectivity index (χ3n) is 3.30. The number of pyridine rings is 1. The van der Waals surface area contributed by atoms with Crippen molar-refractivity contribution in [2.24, 2.45) is 0 Å². The normalized spacial score (nSPS) is 10.5. The molecule has 0 unspecified atom stereocenters. The van der Waals surface area contributed by atoms with E-state index >= 15 is 0 Å². The summed E-state index contributed by atoms with van der Waals surface area (Å²) >= 11 is 6.00. The largest absolute Gasteiger partial charge is 0.332 e. The van der Waals surface area contributed by atoms with E-state index in [1.165, 1.54) is 18.3 Å². The van der Waals surface area contributed by atoms with Crippen molar-refractivity contribution >= 4 is 28.8 Å². The first kappa shape index (κ1) is 15.0. The van der Waals surface area contributed by atoms with Crippen LogP contribution in [0.2, 0.25) is 5.02 Å². The van der Waals surface area contributed by atoms with E-state index in [0.717, 1.165) is 11.4 Å². The Morgan fingerprint density at radius 1 is 1.30 bits per heavy atom. The molecule has 3 rings (SSSR count). The quantitative estimate of drug-likeness (QED) is 0.580. The molecule has 0 saturated carbocycles. The predicted molar refractivity (Wildman–Crippen MR) is 87.5 cm³/mol. The number of anilines is 2. The number of nitrogens with one attached hydrogen (secondary N) is 1. The fourth-order valence-electron chi connectivity index (χ4n) is 2.17. The molecule has 0 atom stereocenters. The van der Waals surface area contributed by atoms with Crippen molar-refractivity contribution in [2.45, 2.75) is 6.92 Å². The second-order valence-electron chi connectivity index (χ2n) is 4.79. The maximum absolute atomic E-state index is 11.1. The van der Waals surface area contributed by atoms with Gasteiger partial charge < -0.3 is 5.32 Å². The van der Waals surface area contributed by atoms with Crippen LogP contribution in [0.15, 0.2) is 48.8 Å². The van der Waals surface area contributed by atoms with Gasteiger partial charge in [0.1, 0.15) is 0 Å². The summed E-state index contributed by atoms with van der Waals surface area (Å²) < 4.78 is 1.70. The second kappa shape index (κ2) is 6.05. The zero-order valence-corrected chi connectivity index (χ0v) is 12.9. The van der Waals surface area contributed by atoms with Crippen molar-refractivity contribution in [1.82, 2.24) is 14.8 Å². The van der Waals surface area contributed by atoms with Crippen LogP contribution in [-0.2, 0) is 0 Å². The molecule has 116 valence electrons. The summed E-state index contributed by atoms with van der Waals surface area (Å²) in [6, 6.07) is 10.2. The number of halogens is 1. The van der Waals surface area contributed by atoms with E-state index < -0.39 is 4.92 Å². The minimum Gasteiger partial charge on any atom is -0.332 e. The Kier molecular flexibility index (Phi) is 3.94. The van der Waals surface area contributed by atoms with Crippen LogP contribution in [0.3, 0.4) is 0 Å². The Bertz CT molecular complexity index is 878. The van der Waals surface area contributed by atoms with E-state index in [0.29, 0.717) is 10.7 Å². The summed E-state index contributed by atoms with van der Waals surface area (Å²) in [7, 11) is 0. The average Bonchev–Trinajstić information content (AvgIpc) is 2.89. The number of aromatic nitrogens is 3. The Morgan fingerprint density at radius 3 is 2.87 bits per heavy atom. The fourth-order valence-corrected chi connectivity index (χ4v) is 2.35. The van der Waals surface area contributed by atoms with Gasteiger partial charge in [-0.25, -0.2) is 9.67 Å². The molecule has 1 aromatic carbocycles. The molecule has 0 aliphatic heterocycles. The topological polar surface area (TPSA) is 85.9 Å². The first-order chi connectivity index (χ1) is 11.1. The van der Waals surface area contributed by atoms with Gasteiger partial charge in [0.15, 0.2) is 0 Å². The molecule has 0 saturated heterocycles. The van der Waals surface area contributed by atoms with Crippen molar-refractivity contribution in [1.29, 1.82) is 0 Å². The van der Waals surface area contributed by atoms with Crippen LogP contribution in [0.5, 0.6) is 0 Å². The zero-order valence-electron chi connectivity index (χ0n) is 12.1. The summed E-state index contributed by atoms with van der Waals surface area (Å²) in [6.07, 6.45) is 3.08. The summed E-state index contributed by atoms with van der Waals surface area (Å²) in [5.41, 5.74) is 2.12. The van der Waals surface area contributed by atoms with Gasteiger partial charge in [0.25, 0.3) is 0 Å². The third-order valence-corrected chi connectivity index (χ3v) is 3.53. The molecule has 7 nitrogen and oxygen atoms in total. The van der Waals surface area contributed by atoms with Gasteiger partial charge in [-0.05, 0) is 31.2 Å². The molecule has 8 heteroatoms. The standard InChI is InChI=1S/C15H12ClN5O2/c1-10-13(19-15-14(21(22)23)6-3-7-17-15)9-18-20(10)12-5-2-4-11(16)8-12/h2-9H,1H3,(H,17,19).